The molecule has 0 spiro atoms. The molecule has 0 saturated carbocycles. The Morgan fingerprint density at radius 3 is 2.30 bits per heavy atom. The van der Waals surface area contributed by atoms with Crippen LogP contribution in [-0.4, -0.2) is 10.0 Å². The van der Waals surface area contributed by atoms with Gasteiger partial charge in [0.15, 0.2) is 0 Å². The molecule has 0 saturated heterocycles. The van der Waals surface area contributed by atoms with Crippen LogP contribution >= 0.6 is 11.6 Å². The Morgan fingerprint density at radius 1 is 0.957 bits per heavy atom. The van der Waals surface area contributed by atoms with Crippen molar-refractivity contribution in [2.45, 2.75) is 0 Å². The maximum Gasteiger partial charge on any atom is 0.271 e. The van der Waals surface area contributed by atoms with Crippen LogP contribution in [0.3, 0.4) is 0 Å². The minimum atomic E-state index is -0.527. The number of rotatable bonds is 3. The lowest BCUT2D eigenvalue weighted by Gasteiger charge is -2.03. The normalized spacial score (nSPS) is 11.2. The van der Waals surface area contributed by atoms with Gasteiger partial charge in [0.05, 0.1) is 15.6 Å². The molecule has 0 aliphatic heterocycles. The predicted molar refractivity (Wildman–Crippen MR) is 87.9 cm³/mol. The molecular formula is C16H10ClN3O3. The number of hydrogen-bond acceptors (Lipinski definition) is 5. The first-order valence-corrected chi connectivity index (χ1v) is 7.00. The van der Waals surface area contributed by atoms with Gasteiger partial charge in [0.25, 0.3) is 5.69 Å². The van der Waals surface area contributed by atoms with Crippen molar-refractivity contribution in [2.24, 2.45) is 10.2 Å². The number of azo groups is 1. The summed E-state index contributed by atoms with van der Waals surface area (Å²) in [5.41, 5.74) is 0.784. The fraction of sp³-hybridized carbons (Fsp3) is 0. The van der Waals surface area contributed by atoms with Crippen molar-refractivity contribution in [3.8, 4) is 5.75 Å². The SMILES string of the molecule is O=[N+]([O-])c1ccc(N=Nc2ccc(O)c3ccccc23)c(Cl)c1. The topological polar surface area (TPSA) is 88.1 Å². The summed E-state index contributed by atoms with van der Waals surface area (Å²) in [7, 11) is 0. The van der Waals surface area contributed by atoms with E-state index in [1.807, 2.05) is 18.2 Å². The van der Waals surface area contributed by atoms with E-state index in [2.05, 4.69) is 10.2 Å². The van der Waals surface area contributed by atoms with E-state index in [1.165, 1.54) is 24.3 Å². The Labute approximate surface area is 135 Å². The highest BCUT2D eigenvalue weighted by Gasteiger charge is 2.09. The summed E-state index contributed by atoms with van der Waals surface area (Å²) >= 11 is 5.98. The molecule has 0 radical (unpaired) electrons. The monoisotopic (exact) mass is 327 g/mol. The summed E-state index contributed by atoms with van der Waals surface area (Å²) in [4.78, 5) is 10.2. The third kappa shape index (κ3) is 2.97. The van der Waals surface area contributed by atoms with Crippen LogP contribution in [0.4, 0.5) is 17.1 Å². The molecule has 6 nitrogen and oxygen atoms in total. The second-order valence-corrected chi connectivity index (χ2v) is 5.15. The van der Waals surface area contributed by atoms with Crippen LogP contribution in [0.1, 0.15) is 0 Å². The van der Waals surface area contributed by atoms with Gasteiger partial charge in [-0.25, -0.2) is 0 Å². The van der Waals surface area contributed by atoms with Gasteiger partial charge in [0, 0.05) is 22.9 Å². The maximum atomic E-state index is 10.7. The van der Waals surface area contributed by atoms with Gasteiger partial charge in [0.2, 0.25) is 0 Å². The van der Waals surface area contributed by atoms with Gasteiger partial charge in [-0.3, -0.25) is 10.1 Å². The first kappa shape index (κ1) is 14.9. The van der Waals surface area contributed by atoms with Crippen LogP contribution in [0.5, 0.6) is 5.75 Å². The summed E-state index contributed by atoms with van der Waals surface area (Å²) < 4.78 is 0. The first-order valence-electron chi connectivity index (χ1n) is 6.62. The van der Waals surface area contributed by atoms with Gasteiger partial charge in [-0.1, -0.05) is 35.9 Å². The number of fused-ring (bicyclic) bond motifs is 1. The fourth-order valence-electron chi connectivity index (χ4n) is 2.15. The molecule has 3 aromatic rings. The maximum absolute atomic E-state index is 10.7. The number of hydrogen-bond donors (Lipinski definition) is 1. The highest BCUT2D eigenvalue weighted by atomic mass is 35.5. The third-order valence-corrected chi connectivity index (χ3v) is 3.59. The molecule has 1 N–H and O–H groups in total. The highest BCUT2D eigenvalue weighted by Crippen LogP contribution is 2.35. The molecule has 0 atom stereocenters. The average Bonchev–Trinajstić information content (AvgIpc) is 2.55. The largest absolute Gasteiger partial charge is 0.507 e. The van der Waals surface area contributed by atoms with E-state index in [1.54, 1.807) is 12.1 Å². The predicted octanol–water partition coefficient (Wildman–Crippen LogP) is 5.52. The molecule has 0 amide bonds. The van der Waals surface area contributed by atoms with Crippen molar-refractivity contribution in [3.05, 3.63) is 69.7 Å². The van der Waals surface area contributed by atoms with Gasteiger partial charge in [-0.05, 0) is 18.2 Å². The van der Waals surface area contributed by atoms with E-state index in [0.29, 0.717) is 16.8 Å². The van der Waals surface area contributed by atoms with Crippen molar-refractivity contribution < 1.29 is 10.0 Å². The molecule has 23 heavy (non-hydrogen) atoms. The number of nitro benzene ring substituents is 1. The van der Waals surface area contributed by atoms with E-state index in [9.17, 15) is 15.2 Å². The molecule has 0 heterocycles. The molecular weight excluding hydrogens is 318 g/mol. The molecule has 114 valence electrons. The standard InChI is InChI=1S/C16H10ClN3O3/c17-13-9-10(20(22)23)5-6-15(13)19-18-14-7-8-16(21)12-4-2-1-3-11(12)14/h1-9,21H. The molecule has 0 aliphatic carbocycles. The Morgan fingerprint density at radius 2 is 1.61 bits per heavy atom. The number of nitrogens with zero attached hydrogens (tertiary/aromatic N) is 3. The van der Waals surface area contributed by atoms with Crippen molar-refractivity contribution in [1.82, 2.24) is 0 Å². The van der Waals surface area contributed by atoms with Crippen molar-refractivity contribution in [3.63, 3.8) is 0 Å². The van der Waals surface area contributed by atoms with Crippen molar-refractivity contribution >= 4 is 39.4 Å². The van der Waals surface area contributed by atoms with Crippen molar-refractivity contribution in [2.75, 3.05) is 0 Å². The number of benzene rings is 3. The van der Waals surface area contributed by atoms with E-state index >= 15 is 0 Å². The summed E-state index contributed by atoms with van der Waals surface area (Å²) in [6.07, 6.45) is 0. The van der Waals surface area contributed by atoms with Crippen LogP contribution in [0.25, 0.3) is 10.8 Å². The number of nitro groups is 1. The Balaban J connectivity index is 2.01. The molecule has 7 heteroatoms. The molecule has 0 aliphatic rings. The molecule has 0 bridgehead atoms. The molecule has 0 fully saturated rings. The Hall–Kier alpha value is -2.99. The highest BCUT2D eigenvalue weighted by molar-refractivity contribution is 6.33. The zero-order valence-electron chi connectivity index (χ0n) is 11.7. The summed E-state index contributed by atoms with van der Waals surface area (Å²) in [5.74, 6) is 0.160. The number of aromatic hydroxyl groups is 1. The van der Waals surface area contributed by atoms with Gasteiger partial charge >= 0.3 is 0 Å². The molecule has 0 unspecified atom stereocenters. The zero-order chi connectivity index (χ0) is 16.4. The Kier molecular flexibility index (Phi) is 3.91. The van der Waals surface area contributed by atoms with E-state index in [4.69, 9.17) is 11.6 Å². The molecule has 3 rings (SSSR count). The van der Waals surface area contributed by atoms with E-state index in [-0.39, 0.29) is 16.5 Å². The summed E-state index contributed by atoms with van der Waals surface area (Å²) in [5, 5.41) is 30.3. The van der Waals surface area contributed by atoms with Gasteiger partial charge in [-0.2, -0.15) is 0 Å². The number of halogens is 1. The van der Waals surface area contributed by atoms with E-state index in [0.717, 1.165) is 5.39 Å². The van der Waals surface area contributed by atoms with Crippen molar-refractivity contribution in [1.29, 1.82) is 0 Å². The molecule has 0 aromatic heterocycles. The minimum absolute atomic E-state index is 0.107. The smallest absolute Gasteiger partial charge is 0.271 e. The average molecular weight is 328 g/mol. The van der Waals surface area contributed by atoms with Crippen LogP contribution in [0.15, 0.2) is 64.8 Å². The van der Waals surface area contributed by atoms with Gasteiger partial charge in [-0.15, -0.1) is 10.2 Å². The van der Waals surface area contributed by atoms with Crippen LogP contribution in [-0.2, 0) is 0 Å². The second kappa shape index (κ2) is 6.02. The van der Waals surface area contributed by atoms with Gasteiger partial charge < -0.3 is 5.11 Å². The van der Waals surface area contributed by atoms with Gasteiger partial charge in [0.1, 0.15) is 11.4 Å². The minimum Gasteiger partial charge on any atom is -0.507 e. The second-order valence-electron chi connectivity index (χ2n) is 4.74. The first-order chi connectivity index (χ1) is 11.1. The third-order valence-electron chi connectivity index (χ3n) is 3.29. The molecule has 3 aromatic carbocycles. The zero-order valence-corrected chi connectivity index (χ0v) is 12.4. The Bertz CT molecular complexity index is 941. The lowest BCUT2D eigenvalue weighted by molar-refractivity contribution is -0.384. The van der Waals surface area contributed by atoms with Crippen LogP contribution in [0, 0.1) is 10.1 Å². The summed E-state index contributed by atoms with van der Waals surface area (Å²) in [6, 6.07) is 14.4. The number of phenols is 1. The number of phenolic OH excluding ortho intramolecular Hbond substituents is 1. The fourth-order valence-corrected chi connectivity index (χ4v) is 2.37. The van der Waals surface area contributed by atoms with Crippen LogP contribution < -0.4 is 0 Å². The lowest BCUT2D eigenvalue weighted by atomic mass is 10.1. The summed E-state index contributed by atoms with van der Waals surface area (Å²) in [6.45, 7) is 0. The van der Waals surface area contributed by atoms with E-state index < -0.39 is 4.92 Å². The quantitative estimate of drug-likeness (QED) is 0.390. The number of non-ortho nitro benzene ring substituents is 1. The van der Waals surface area contributed by atoms with Crippen LogP contribution in [0.2, 0.25) is 5.02 Å². The lowest BCUT2D eigenvalue weighted by Crippen LogP contribution is -1.86.